The second-order valence-corrected chi connectivity index (χ2v) is 5.23. The molecule has 0 aromatic rings. The molecule has 0 aromatic carbocycles. The highest BCUT2D eigenvalue weighted by Gasteiger charge is 2.64. The van der Waals surface area contributed by atoms with Crippen molar-refractivity contribution >= 4 is 19.4 Å². The van der Waals surface area contributed by atoms with Gasteiger partial charge in [-0.15, -0.1) is 0 Å². The van der Waals surface area contributed by atoms with E-state index < -0.39 is 29.7 Å². The Morgan fingerprint density at radius 2 is 2.12 bits per heavy atom. The van der Waals surface area contributed by atoms with Crippen molar-refractivity contribution in [2.75, 3.05) is 0 Å². The number of fused-ring (bicyclic) bond motifs is 1. The average Bonchev–Trinajstić information content (AvgIpc) is 2.58. The minimum absolute atomic E-state index is 0.305. The Bertz CT molecular complexity index is 375. The van der Waals surface area contributed by atoms with Crippen molar-refractivity contribution in [1.82, 2.24) is 0 Å². The Kier molecular flexibility index (Phi) is 3.22. The SMILES string of the molecule is B[C@@H]1O[C@H](C(C)O)C2OC(C)(C)O[C@]21C#CCl. The molecule has 0 spiro atoms. The summed E-state index contributed by atoms with van der Waals surface area (Å²) in [6.45, 7) is 5.29. The molecule has 0 radical (unpaired) electrons. The van der Waals surface area contributed by atoms with E-state index in [9.17, 15) is 5.11 Å². The minimum atomic E-state index is -0.896. The van der Waals surface area contributed by atoms with Crippen LogP contribution in [0, 0.1) is 11.3 Å². The number of hydrogen-bond acceptors (Lipinski definition) is 4. The molecule has 17 heavy (non-hydrogen) atoms. The van der Waals surface area contributed by atoms with Gasteiger partial charge in [0.2, 0.25) is 0 Å². The molecule has 0 amide bonds. The maximum atomic E-state index is 9.73. The number of halogens is 1. The molecular weight excluding hydrogens is 242 g/mol. The van der Waals surface area contributed by atoms with Crippen LogP contribution in [-0.2, 0) is 14.2 Å². The van der Waals surface area contributed by atoms with Gasteiger partial charge in [-0.3, -0.25) is 0 Å². The van der Waals surface area contributed by atoms with Gasteiger partial charge in [-0.05, 0) is 38.3 Å². The summed E-state index contributed by atoms with van der Waals surface area (Å²) in [7, 11) is 1.85. The maximum Gasteiger partial charge on any atom is 0.179 e. The Hall–Kier alpha value is -0.245. The summed E-state index contributed by atoms with van der Waals surface area (Å²) >= 11 is 5.51. The second-order valence-electron chi connectivity index (χ2n) is 5.04. The molecule has 6 heteroatoms. The molecule has 0 aromatic heterocycles. The average molecular weight is 259 g/mol. The predicted octanol–water partition coefficient (Wildman–Crippen LogP) is -0.185. The quantitative estimate of drug-likeness (QED) is 0.523. The third-order valence-electron chi connectivity index (χ3n) is 3.23. The van der Waals surface area contributed by atoms with Crippen molar-refractivity contribution in [2.24, 2.45) is 0 Å². The van der Waals surface area contributed by atoms with Gasteiger partial charge in [-0.1, -0.05) is 0 Å². The van der Waals surface area contributed by atoms with E-state index in [4.69, 9.17) is 25.8 Å². The Morgan fingerprint density at radius 1 is 1.47 bits per heavy atom. The Labute approximate surface area is 107 Å². The third kappa shape index (κ3) is 1.98. The van der Waals surface area contributed by atoms with Crippen LogP contribution < -0.4 is 0 Å². The van der Waals surface area contributed by atoms with Gasteiger partial charge in [0.1, 0.15) is 20.1 Å². The van der Waals surface area contributed by atoms with Crippen LogP contribution in [0.4, 0.5) is 0 Å². The first-order valence-electron chi connectivity index (χ1n) is 5.67. The summed E-state index contributed by atoms with van der Waals surface area (Å²) < 4.78 is 17.4. The number of aliphatic hydroxyl groups excluding tert-OH is 1. The van der Waals surface area contributed by atoms with Crippen LogP contribution in [-0.4, -0.2) is 48.7 Å². The second kappa shape index (κ2) is 4.15. The topological polar surface area (TPSA) is 47.9 Å². The van der Waals surface area contributed by atoms with Gasteiger partial charge in [0, 0.05) is 5.38 Å². The lowest BCUT2D eigenvalue weighted by Gasteiger charge is -2.26. The van der Waals surface area contributed by atoms with Crippen LogP contribution in [0.3, 0.4) is 0 Å². The monoisotopic (exact) mass is 258 g/mol. The first kappa shape index (κ1) is 13.2. The molecule has 0 aliphatic carbocycles. The molecule has 2 rings (SSSR count). The van der Waals surface area contributed by atoms with Crippen LogP contribution >= 0.6 is 11.6 Å². The van der Waals surface area contributed by atoms with Crippen molar-refractivity contribution in [3.8, 4) is 11.3 Å². The summed E-state index contributed by atoms with van der Waals surface area (Å²) in [5.74, 6) is 2.09. The Morgan fingerprint density at radius 3 is 2.65 bits per heavy atom. The van der Waals surface area contributed by atoms with Crippen molar-refractivity contribution in [1.29, 1.82) is 0 Å². The lowest BCUT2D eigenvalue weighted by Crippen LogP contribution is -2.46. The molecular formula is C11H16BClO4. The fourth-order valence-corrected chi connectivity index (χ4v) is 2.70. The Balaban J connectivity index is 2.40. The van der Waals surface area contributed by atoms with E-state index in [1.165, 1.54) is 0 Å². The molecule has 2 aliphatic heterocycles. The predicted molar refractivity (Wildman–Crippen MR) is 65.3 cm³/mol. The van der Waals surface area contributed by atoms with Gasteiger partial charge < -0.3 is 19.3 Å². The van der Waals surface area contributed by atoms with E-state index in [0.29, 0.717) is 0 Å². The first-order valence-corrected chi connectivity index (χ1v) is 6.04. The van der Waals surface area contributed by atoms with E-state index in [1.54, 1.807) is 6.92 Å². The number of rotatable bonds is 1. The highest BCUT2D eigenvalue weighted by Crippen LogP contribution is 2.46. The van der Waals surface area contributed by atoms with E-state index in [1.807, 2.05) is 21.7 Å². The van der Waals surface area contributed by atoms with Gasteiger partial charge in [0.25, 0.3) is 0 Å². The highest BCUT2D eigenvalue weighted by atomic mass is 35.5. The molecule has 4 nitrogen and oxygen atoms in total. The van der Waals surface area contributed by atoms with Gasteiger partial charge in [0.15, 0.2) is 11.4 Å². The third-order valence-corrected chi connectivity index (χ3v) is 3.32. The smallest absolute Gasteiger partial charge is 0.179 e. The van der Waals surface area contributed by atoms with Gasteiger partial charge in [-0.2, -0.15) is 0 Å². The van der Waals surface area contributed by atoms with E-state index in [-0.39, 0.29) is 6.00 Å². The molecule has 2 saturated heterocycles. The van der Waals surface area contributed by atoms with Crippen LogP contribution in [0.5, 0.6) is 0 Å². The van der Waals surface area contributed by atoms with E-state index in [2.05, 4.69) is 11.3 Å². The van der Waals surface area contributed by atoms with E-state index in [0.717, 1.165) is 0 Å². The molecule has 2 heterocycles. The van der Waals surface area contributed by atoms with Crippen molar-refractivity contribution in [3.63, 3.8) is 0 Å². The zero-order chi connectivity index (χ0) is 12.8. The van der Waals surface area contributed by atoms with Gasteiger partial charge in [0.05, 0.1) is 12.1 Å². The van der Waals surface area contributed by atoms with Crippen molar-refractivity contribution < 1.29 is 19.3 Å². The lowest BCUT2D eigenvalue weighted by molar-refractivity contribution is -0.194. The standard InChI is InChI=1S/C11H16BClO4/c1-6(14)7-8-11(4-5-13,9(12)15-7)17-10(2,3)16-8/h6-9,14H,12H2,1-3H3/t6?,7-,8?,9-,11-/m1/s1. The fourth-order valence-electron chi connectivity index (χ4n) is 2.55. The summed E-state index contributed by atoms with van der Waals surface area (Å²) in [6, 6.07) is -0.305. The van der Waals surface area contributed by atoms with Crippen LogP contribution in [0.1, 0.15) is 20.8 Å². The summed E-state index contributed by atoms with van der Waals surface area (Å²) in [5.41, 5.74) is -0.896. The molecule has 2 fully saturated rings. The molecule has 0 saturated carbocycles. The van der Waals surface area contributed by atoms with Crippen molar-refractivity contribution in [3.05, 3.63) is 0 Å². The van der Waals surface area contributed by atoms with E-state index >= 15 is 0 Å². The fraction of sp³-hybridized carbons (Fsp3) is 0.818. The number of ether oxygens (including phenoxy) is 3. The molecule has 2 unspecified atom stereocenters. The maximum absolute atomic E-state index is 9.73. The zero-order valence-electron chi connectivity index (χ0n) is 10.4. The van der Waals surface area contributed by atoms with Gasteiger partial charge >= 0.3 is 0 Å². The van der Waals surface area contributed by atoms with Crippen LogP contribution in [0.2, 0.25) is 0 Å². The summed E-state index contributed by atoms with van der Waals surface area (Å²) in [6.07, 6.45) is -1.54. The zero-order valence-corrected chi connectivity index (χ0v) is 11.1. The molecule has 1 N–H and O–H groups in total. The van der Waals surface area contributed by atoms with Crippen LogP contribution in [0.15, 0.2) is 0 Å². The van der Waals surface area contributed by atoms with Gasteiger partial charge in [-0.25, -0.2) is 0 Å². The van der Waals surface area contributed by atoms with Crippen molar-refractivity contribution in [2.45, 2.75) is 56.5 Å². The number of hydrogen-bond donors (Lipinski definition) is 1. The normalized spacial score (nSPS) is 44.9. The lowest BCUT2D eigenvalue weighted by atomic mass is 9.80. The number of aliphatic hydroxyl groups is 1. The summed E-state index contributed by atoms with van der Waals surface area (Å²) in [5, 5.41) is 12.1. The minimum Gasteiger partial charge on any atom is -0.391 e. The highest BCUT2D eigenvalue weighted by molar-refractivity contribution is 6.30. The first-order chi connectivity index (χ1) is 7.82. The molecule has 2 aliphatic rings. The largest absolute Gasteiger partial charge is 0.391 e. The molecule has 94 valence electrons. The summed E-state index contributed by atoms with van der Waals surface area (Å²) in [4.78, 5) is 0. The molecule has 0 bridgehead atoms. The molecule has 5 atom stereocenters. The van der Waals surface area contributed by atoms with Crippen LogP contribution in [0.25, 0.3) is 0 Å².